The second kappa shape index (κ2) is 5.31. The Kier molecular flexibility index (Phi) is 3.10. The van der Waals surface area contributed by atoms with E-state index in [2.05, 4.69) is 98.0 Å². The normalized spacial score (nSPS) is 20.4. The Labute approximate surface area is 162 Å². The molecule has 4 aromatic carbocycles. The van der Waals surface area contributed by atoms with Crippen LogP contribution in [0.4, 0.5) is 0 Å². The maximum Gasteiger partial charge on any atom is 0.0519 e. The van der Waals surface area contributed by atoms with Gasteiger partial charge in [0.15, 0.2) is 0 Å². The van der Waals surface area contributed by atoms with E-state index in [-0.39, 0.29) is 0 Å². The predicted molar refractivity (Wildman–Crippen MR) is 115 cm³/mol. The molecule has 2 unspecified atom stereocenters. The van der Waals surface area contributed by atoms with Crippen molar-refractivity contribution in [1.82, 2.24) is 0 Å². The molecule has 2 atom stereocenters. The van der Waals surface area contributed by atoms with E-state index < -0.39 is 0 Å². The van der Waals surface area contributed by atoms with Crippen LogP contribution < -0.4 is 0 Å². The molecule has 0 fully saturated rings. The van der Waals surface area contributed by atoms with Crippen molar-refractivity contribution in [3.8, 4) is 0 Å². The van der Waals surface area contributed by atoms with E-state index in [1.54, 1.807) is 0 Å². The fourth-order valence-corrected chi connectivity index (χ4v) is 7.88. The average Bonchev–Trinajstić information content (AvgIpc) is 3.17. The minimum atomic E-state index is 0.544. The van der Waals surface area contributed by atoms with Gasteiger partial charge in [-0.05, 0) is 46.5 Å². The van der Waals surface area contributed by atoms with E-state index in [9.17, 15) is 0 Å². The first-order chi connectivity index (χ1) is 12.7. The first kappa shape index (κ1) is 15.2. The lowest BCUT2D eigenvalue weighted by Crippen LogP contribution is -1.91. The van der Waals surface area contributed by atoms with Crippen molar-refractivity contribution in [2.75, 3.05) is 0 Å². The molecular formula is C24H18S2. The van der Waals surface area contributed by atoms with Crippen LogP contribution in [0.15, 0.2) is 70.5 Å². The molecule has 0 aliphatic carbocycles. The summed E-state index contributed by atoms with van der Waals surface area (Å²) >= 11 is 4.15. The molecule has 0 aromatic heterocycles. The molecule has 2 heterocycles. The quantitative estimate of drug-likeness (QED) is 0.312. The van der Waals surface area contributed by atoms with Gasteiger partial charge in [0, 0.05) is 9.79 Å². The van der Waals surface area contributed by atoms with Gasteiger partial charge in [-0.3, -0.25) is 0 Å². The first-order valence-electron chi connectivity index (χ1n) is 9.09. The fraction of sp³-hybridized carbons (Fsp3) is 0.167. The standard InChI is InChI=1S/C24H18S2/c1-13-3-7-17-15(11-13)5-9-19-21(17)25-24-20-10-6-16-12-14(2)4-8-18(16)22(20)26-23(19)24/h3-12,23-24H,1-2H3. The molecule has 0 N–H and O–H groups in total. The van der Waals surface area contributed by atoms with Crippen LogP contribution in [0.2, 0.25) is 0 Å². The second-order valence-electron chi connectivity index (χ2n) is 7.49. The zero-order valence-corrected chi connectivity index (χ0v) is 16.4. The van der Waals surface area contributed by atoms with Gasteiger partial charge >= 0.3 is 0 Å². The first-order valence-corrected chi connectivity index (χ1v) is 10.8. The average molecular weight is 371 g/mol. The lowest BCUT2D eigenvalue weighted by atomic mass is 9.98. The largest absolute Gasteiger partial charge is 0.115 e. The number of rotatable bonds is 0. The van der Waals surface area contributed by atoms with Crippen molar-refractivity contribution in [2.24, 2.45) is 0 Å². The number of thioether (sulfide) groups is 2. The fourth-order valence-electron chi connectivity index (χ4n) is 4.42. The third kappa shape index (κ3) is 2.00. The SMILES string of the molecule is Cc1ccc2c3c(ccc2c1)C1Sc2c(ccc4cc(C)ccc24)C1S3. The number of aryl methyl sites for hydroxylation is 2. The molecule has 4 aromatic rings. The third-order valence-electron chi connectivity index (χ3n) is 5.69. The van der Waals surface area contributed by atoms with Crippen LogP contribution in [0, 0.1) is 13.8 Å². The van der Waals surface area contributed by atoms with Gasteiger partial charge in [-0.1, -0.05) is 71.8 Å². The van der Waals surface area contributed by atoms with Crippen LogP contribution in [0.3, 0.4) is 0 Å². The molecule has 0 saturated heterocycles. The van der Waals surface area contributed by atoms with Crippen LogP contribution in [-0.2, 0) is 0 Å². The van der Waals surface area contributed by atoms with Crippen molar-refractivity contribution in [3.63, 3.8) is 0 Å². The molecule has 0 radical (unpaired) electrons. The van der Waals surface area contributed by atoms with Gasteiger partial charge in [0.1, 0.15) is 0 Å². The zero-order valence-electron chi connectivity index (χ0n) is 14.7. The lowest BCUT2D eigenvalue weighted by Gasteiger charge is -2.10. The molecule has 0 nitrogen and oxygen atoms in total. The lowest BCUT2D eigenvalue weighted by molar-refractivity contribution is 0.943. The topological polar surface area (TPSA) is 0 Å². The van der Waals surface area contributed by atoms with E-state index in [4.69, 9.17) is 0 Å². The summed E-state index contributed by atoms with van der Waals surface area (Å²) < 4.78 is 0. The van der Waals surface area contributed by atoms with Crippen molar-refractivity contribution in [1.29, 1.82) is 0 Å². The molecule has 2 aliphatic heterocycles. The van der Waals surface area contributed by atoms with Crippen LogP contribution in [-0.4, -0.2) is 0 Å². The Morgan fingerprint density at radius 3 is 1.50 bits per heavy atom. The molecular weight excluding hydrogens is 352 g/mol. The highest BCUT2D eigenvalue weighted by Crippen LogP contribution is 2.68. The highest BCUT2D eigenvalue weighted by atomic mass is 32.2. The molecule has 126 valence electrons. The van der Waals surface area contributed by atoms with Gasteiger partial charge in [-0.2, -0.15) is 0 Å². The Morgan fingerprint density at radius 2 is 1.04 bits per heavy atom. The van der Waals surface area contributed by atoms with Gasteiger partial charge in [-0.25, -0.2) is 0 Å². The van der Waals surface area contributed by atoms with Crippen LogP contribution in [0.25, 0.3) is 21.5 Å². The molecule has 2 heteroatoms. The molecule has 6 rings (SSSR count). The molecule has 0 saturated carbocycles. The summed E-state index contributed by atoms with van der Waals surface area (Å²) in [7, 11) is 0. The Bertz CT molecular complexity index is 1120. The summed E-state index contributed by atoms with van der Waals surface area (Å²) in [5, 5.41) is 6.67. The summed E-state index contributed by atoms with van der Waals surface area (Å²) in [6.45, 7) is 4.35. The van der Waals surface area contributed by atoms with Crippen molar-refractivity contribution in [3.05, 3.63) is 82.9 Å². The number of hydrogen-bond acceptors (Lipinski definition) is 2. The van der Waals surface area contributed by atoms with Crippen LogP contribution >= 0.6 is 23.5 Å². The second-order valence-corrected chi connectivity index (χ2v) is 9.80. The highest BCUT2D eigenvalue weighted by Gasteiger charge is 2.42. The van der Waals surface area contributed by atoms with E-state index in [1.807, 2.05) is 0 Å². The molecule has 0 amide bonds. The summed E-state index contributed by atoms with van der Waals surface area (Å²) in [4.78, 5) is 3.00. The Hall–Kier alpha value is -1.90. The van der Waals surface area contributed by atoms with E-state index in [1.165, 1.54) is 53.6 Å². The highest BCUT2D eigenvalue weighted by molar-refractivity contribution is 8.05. The number of benzene rings is 4. The van der Waals surface area contributed by atoms with Crippen molar-refractivity contribution >= 4 is 45.1 Å². The minimum absolute atomic E-state index is 0.544. The van der Waals surface area contributed by atoms with Gasteiger partial charge in [-0.15, -0.1) is 23.5 Å². The van der Waals surface area contributed by atoms with Crippen LogP contribution in [0.1, 0.15) is 32.8 Å². The maximum atomic E-state index is 2.37. The monoisotopic (exact) mass is 370 g/mol. The molecule has 2 aliphatic rings. The summed E-state index contributed by atoms with van der Waals surface area (Å²) in [5.74, 6) is 0. The Balaban J connectivity index is 1.53. The Morgan fingerprint density at radius 1 is 0.577 bits per heavy atom. The third-order valence-corrected chi connectivity index (χ3v) is 8.81. The minimum Gasteiger partial charge on any atom is -0.115 e. The van der Waals surface area contributed by atoms with Crippen molar-refractivity contribution < 1.29 is 0 Å². The van der Waals surface area contributed by atoms with Gasteiger partial charge < -0.3 is 0 Å². The van der Waals surface area contributed by atoms with Crippen LogP contribution in [0.5, 0.6) is 0 Å². The van der Waals surface area contributed by atoms with Gasteiger partial charge in [0.25, 0.3) is 0 Å². The molecule has 0 bridgehead atoms. The van der Waals surface area contributed by atoms with E-state index in [0.717, 1.165) is 0 Å². The maximum absolute atomic E-state index is 2.37. The van der Waals surface area contributed by atoms with Gasteiger partial charge in [0.2, 0.25) is 0 Å². The summed E-state index contributed by atoms with van der Waals surface area (Å²) in [6, 6.07) is 23.1. The summed E-state index contributed by atoms with van der Waals surface area (Å²) in [6.07, 6.45) is 0. The number of fused-ring (bicyclic) bond motifs is 9. The number of hydrogen-bond donors (Lipinski definition) is 0. The van der Waals surface area contributed by atoms with E-state index >= 15 is 0 Å². The molecule has 0 spiro atoms. The van der Waals surface area contributed by atoms with Gasteiger partial charge in [0.05, 0.1) is 10.5 Å². The predicted octanol–water partition coefficient (Wildman–Crippen LogP) is 7.60. The van der Waals surface area contributed by atoms with Crippen molar-refractivity contribution in [2.45, 2.75) is 34.1 Å². The van der Waals surface area contributed by atoms with E-state index in [0.29, 0.717) is 10.5 Å². The smallest absolute Gasteiger partial charge is 0.0519 e. The zero-order chi connectivity index (χ0) is 17.4. The molecule has 26 heavy (non-hydrogen) atoms. The summed E-state index contributed by atoms with van der Waals surface area (Å²) in [5.41, 5.74) is 5.72.